The Morgan fingerprint density at radius 3 is 2.65 bits per heavy atom. The van der Waals surface area contributed by atoms with Crippen LogP contribution in [0.5, 0.6) is 0 Å². The maximum Gasteiger partial charge on any atom is 0.109 e. The Hall–Kier alpha value is -1.68. The van der Waals surface area contributed by atoms with Gasteiger partial charge in [-0.25, -0.2) is 4.68 Å². The number of hydrogen-bond acceptors (Lipinski definition) is 3. The lowest BCUT2D eigenvalue weighted by Crippen LogP contribution is -2.37. The van der Waals surface area contributed by atoms with Gasteiger partial charge in [-0.2, -0.15) is 0 Å². The Kier molecular flexibility index (Phi) is 3.34. The van der Waals surface area contributed by atoms with Crippen LogP contribution in [0.3, 0.4) is 0 Å². The topological polar surface area (TPSA) is 50.9 Å². The number of aliphatic hydroxyl groups is 1. The molecule has 4 nitrogen and oxygen atoms in total. The normalized spacial score (nSPS) is 30.4. The minimum absolute atomic E-state index is 0.507. The maximum absolute atomic E-state index is 11.1. The summed E-state index contributed by atoms with van der Waals surface area (Å²) in [5, 5.41) is 19.2. The van der Waals surface area contributed by atoms with Crippen molar-refractivity contribution in [2.24, 2.45) is 11.8 Å². The Morgan fingerprint density at radius 2 is 1.95 bits per heavy atom. The molecule has 1 saturated carbocycles. The molecule has 1 aliphatic carbocycles. The SMILES string of the molecule is CC1CCC(O)(c2cnnn2-c2ccccc2)CC1C. The van der Waals surface area contributed by atoms with Crippen molar-refractivity contribution in [3.8, 4) is 5.69 Å². The van der Waals surface area contributed by atoms with E-state index in [4.69, 9.17) is 0 Å². The van der Waals surface area contributed by atoms with E-state index in [0.29, 0.717) is 11.8 Å². The molecule has 0 aliphatic heterocycles. The summed E-state index contributed by atoms with van der Waals surface area (Å²) in [6.45, 7) is 4.47. The number of para-hydroxylation sites is 1. The van der Waals surface area contributed by atoms with Crippen LogP contribution >= 0.6 is 0 Å². The van der Waals surface area contributed by atoms with Gasteiger partial charge in [0, 0.05) is 0 Å². The van der Waals surface area contributed by atoms with E-state index in [-0.39, 0.29) is 0 Å². The molecule has 3 atom stereocenters. The molecule has 20 heavy (non-hydrogen) atoms. The van der Waals surface area contributed by atoms with Crippen LogP contribution in [0.2, 0.25) is 0 Å². The first-order valence-electron chi connectivity index (χ1n) is 7.29. The van der Waals surface area contributed by atoms with E-state index in [1.165, 1.54) is 0 Å². The van der Waals surface area contributed by atoms with Crippen molar-refractivity contribution in [1.29, 1.82) is 0 Å². The Morgan fingerprint density at radius 1 is 1.20 bits per heavy atom. The molecule has 4 heteroatoms. The fourth-order valence-corrected chi connectivity index (χ4v) is 3.13. The summed E-state index contributed by atoms with van der Waals surface area (Å²) in [5.74, 6) is 1.17. The van der Waals surface area contributed by atoms with E-state index >= 15 is 0 Å². The van der Waals surface area contributed by atoms with Crippen LogP contribution in [-0.2, 0) is 5.60 Å². The van der Waals surface area contributed by atoms with E-state index in [0.717, 1.165) is 30.6 Å². The lowest BCUT2D eigenvalue weighted by molar-refractivity contribution is -0.0388. The second-order valence-corrected chi connectivity index (χ2v) is 6.10. The van der Waals surface area contributed by atoms with Crippen molar-refractivity contribution in [3.63, 3.8) is 0 Å². The van der Waals surface area contributed by atoms with Crippen molar-refractivity contribution in [2.45, 2.75) is 38.7 Å². The fourth-order valence-electron chi connectivity index (χ4n) is 3.13. The van der Waals surface area contributed by atoms with Crippen molar-refractivity contribution < 1.29 is 5.11 Å². The highest BCUT2D eigenvalue weighted by atomic mass is 16.3. The van der Waals surface area contributed by atoms with Crippen LogP contribution in [0.25, 0.3) is 5.69 Å². The lowest BCUT2D eigenvalue weighted by Gasteiger charge is -2.38. The van der Waals surface area contributed by atoms with Crippen molar-refractivity contribution in [1.82, 2.24) is 15.0 Å². The van der Waals surface area contributed by atoms with Gasteiger partial charge in [-0.1, -0.05) is 37.3 Å². The molecule has 0 spiro atoms. The van der Waals surface area contributed by atoms with Crippen LogP contribution in [0.4, 0.5) is 0 Å². The molecule has 1 N–H and O–H groups in total. The van der Waals surface area contributed by atoms with Crippen molar-refractivity contribution >= 4 is 0 Å². The average molecular weight is 271 g/mol. The smallest absolute Gasteiger partial charge is 0.109 e. The van der Waals surface area contributed by atoms with E-state index in [1.807, 2.05) is 30.3 Å². The summed E-state index contributed by atoms with van der Waals surface area (Å²) in [6.07, 6.45) is 4.29. The van der Waals surface area contributed by atoms with Gasteiger partial charge in [-0.15, -0.1) is 5.10 Å². The zero-order valence-corrected chi connectivity index (χ0v) is 12.0. The van der Waals surface area contributed by atoms with Gasteiger partial charge >= 0.3 is 0 Å². The van der Waals surface area contributed by atoms with Gasteiger partial charge in [0.25, 0.3) is 0 Å². The number of nitrogens with zero attached hydrogens (tertiary/aromatic N) is 3. The third kappa shape index (κ3) is 2.24. The van der Waals surface area contributed by atoms with Crippen LogP contribution in [0.1, 0.15) is 38.8 Å². The van der Waals surface area contributed by atoms with Gasteiger partial charge < -0.3 is 5.11 Å². The standard InChI is InChI=1S/C16H21N3O/c1-12-8-9-16(20,10-13(12)2)15-11-17-18-19(15)14-6-4-3-5-7-14/h3-7,11-13,20H,8-10H2,1-2H3. The number of aromatic nitrogens is 3. The zero-order chi connectivity index (χ0) is 14.2. The van der Waals surface area contributed by atoms with Crippen LogP contribution in [0, 0.1) is 11.8 Å². The average Bonchev–Trinajstić information content (AvgIpc) is 2.95. The number of rotatable bonds is 2. The molecule has 0 saturated heterocycles. The van der Waals surface area contributed by atoms with Crippen LogP contribution in [0.15, 0.2) is 36.5 Å². The lowest BCUT2D eigenvalue weighted by atomic mass is 9.72. The molecule has 1 aromatic carbocycles. The number of benzene rings is 1. The van der Waals surface area contributed by atoms with E-state index in [2.05, 4.69) is 24.2 Å². The molecule has 1 fully saturated rings. The first-order chi connectivity index (χ1) is 9.60. The highest BCUT2D eigenvalue weighted by Crippen LogP contribution is 2.42. The largest absolute Gasteiger partial charge is 0.383 e. The highest BCUT2D eigenvalue weighted by molar-refractivity contribution is 5.33. The summed E-state index contributed by atoms with van der Waals surface area (Å²) in [4.78, 5) is 0. The molecule has 3 rings (SSSR count). The third-order valence-electron chi connectivity index (χ3n) is 4.67. The second kappa shape index (κ2) is 5.02. The minimum atomic E-state index is -0.814. The Bertz CT molecular complexity index is 580. The zero-order valence-electron chi connectivity index (χ0n) is 12.0. The number of hydrogen-bond donors (Lipinski definition) is 1. The van der Waals surface area contributed by atoms with E-state index < -0.39 is 5.60 Å². The Balaban J connectivity index is 1.98. The van der Waals surface area contributed by atoms with Gasteiger partial charge in [0.15, 0.2) is 0 Å². The second-order valence-electron chi connectivity index (χ2n) is 6.10. The first kappa shape index (κ1) is 13.3. The molecular weight excluding hydrogens is 250 g/mol. The molecule has 106 valence electrons. The van der Waals surface area contributed by atoms with Gasteiger partial charge in [-0.05, 0) is 43.2 Å². The molecular formula is C16H21N3O. The molecule has 0 bridgehead atoms. The summed E-state index contributed by atoms with van der Waals surface area (Å²) in [6, 6.07) is 9.87. The van der Waals surface area contributed by atoms with Gasteiger partial charge in [0.1, 0.15) is 5.60 Å². The molecule has 0 amide bonds. The van der Waals surface area contributed by atoms with Gasteiger partial charge in [0.05, 0.1) is 17.6 Å². The quantitative estimate of drug-likeness (QED) is 0.913. The fraction of sp³-hybridized carbons (Fsp3) is 0.500. The van der Waals surface area contributed by atoms with Gasteiger partial charge in [-0.3, -0.25) is 0 Å². The molecule has 3 unspecified atom stereocenters. The summed E-state index contributed by atoms with van der Waals surface area (Å²) >= 11 is 0. The maximum atomic E-state index is 11.1. The molecule has 1 aliphatic rings. The summed E-state index contributed by atoms with van der Waals surface area (Å²) in [7, 11) is 0. The predicted molar refractivity (Wildman–Crippen MR) is 77.4 cm³/mol. The molecule has 1 heterocycles. The van der Waals surface area contributed by atoms with Crippen LogP contribution in [-0.4, -0.2) is 20.1 Å². The molecule has 0 radical (unpaired) electrons. The molecule has 1 aromatic heterocycles. The minimum Gasteiger partial charge on any atom is -0.383 e. The summed E-state index contributed by atoms with van der Waals surface area (Å²) < 4.78 is 1.77. The third-order valence-corrected chi connectivity index (χ3v) is 4.67. The first-order valence-corrected chi connectivity index (χ1v) is 7.29. The summed E-state index contributed by atoms with van der Waals surface area (Å²) in [5.41, 5.74) is 0.938. The Labute approximate surface area is 119 Å². The monoisotopic (exact) mass is 271 g/mol. The molecule has 2 aromatic rings. The van der Waals surface area contributed by atoms with Gasteiger partial charge in [0.2, 0.25) is 0 Å². The highest BCUT2D eigenvalue weighted by Gasteiger charge is 2.40. The van der Waals surface area contributed by atoms with E-state index in [1.54, 1.807) is 10.9 Å². The van der Waals surface area contributed by atoms with E-state index in [9.17, 15) is 5.11 Å². The van der Waals surface area contributed by atoms with Crippen molar-refractivity contribution in [2.75, 3.05) is 0 Å². The van der Waals surface area contributed by atoms with Crippen molar-refractivity contribution in [3.05, 3.63) is 42.2 Å². The predicted octanol–water partition coefficient (Wildman–Crippen LogP) is 2.91. The van der Waals surface area contributed by atoms with Crippen LogP contribution < -0.4 is 0 Å².